The lowest BCUT2D eigenvalue weighted by Crippen LogP contribution is -2.34. The number of ether oxygens (including phenoxy) is 3. The quantitative estimate of drug-likeness (QED) is 0.460. The molecule has 33 heavy (non-hydrogen) atoms. The van der Waals surface area contributed by atoms with Crippen LogP contribution in [-0.4, -0.2) is 52.7 Å². The summed E-state index contributed by atoms with van der Waals surface area (Å²) in [5.41, 5.74) is 4.01. The maximum absolute atomic E-state index is 15.2. The van der Waals surface area contributed by atoms with E-state index in [-0.39, 0.29) is 24.6 Å². The number of aromatic amines is 1. The summed E-state index contributed by atoms with van der Waals surface area (Å²) in [6.07, 6.45) is -2.14. The van der Waals surface area contributed by atoms with Crippen molar-refractivity contribution in [3.63, 3.8) is 0 Å². The third-order valence-electron chi connectivity index (χ3n) is 6.15. The van der Waals surface area contributed by atoms with Gasteiger partial charge < -0.3 is 24.3 Å². The molecular weight excluding hydrogens is 447 g/mol. The summed E-state index contributed by atoms with van der Waals surface area (Å²) < 4.78 is 32.2. The molecule has 0 bridgehead atoms. The predicted molar refractivity (Wildman–Crippen MR) is 122 cm³/mol. The molecule has 4 atom stereocenters. The third kappa shape index (κ3) is 3.57. The van der Waals surface area contributed by atoms with E-state index < -0.39 is 30.2 Å². The number of rotatable bonds is 4. The van der Waals surface area contributed by atoms with Crippen molar-refractivity contribution in [2.24, 2.45) is 0 Å². The van der Waals surface area contributed by atoms with Gasteiger partial charge in [0, 0.05) is 5.56 Å². The van der Waals surface area contributed by atoms with E-state index >= 15 is 4.39 Å². The van der Waals surface area contributed by atoms with E-state index in [0.29, 0.717) is 16.2 Å². The summed E-state index contributed by atoms with van der Waals surface area (Å²) in [4.78, 5) is 7.41. The lowest BCUT2D eigenvalue weighted by atomic mass is 10.0. The number of aliphatic hydroxyl groups excluding tert-OH is 1. The molecule has 0 aliphatic carbocycles. The number of H-pyrrole nitrogens is 1. The molecule has 0 amide bonds. The van der Waals surface area contributed by atoms with Crippen molar-refractivity contribution in [3.05, 3.63) is 71.5 Å². The maximum Gasteiger partial charge on any atom is 0.231 e. The molecular formula is C25H20ClFN2O4. The van der Waals surface area contributed by atoms with Crippen LogP contribution in [0.1, 0.15) is 0 Å². The second-order valence-corrected chi connectivity index (χ2v) is 8.65. The highest BCUT2D eigenvalue weighted by Crippen LogP contribution is 2.36. The fourth-order valence-corrected chi connectivity index (χ4v) is 4.73. The monoisotopic (exact) mass is 466 g/mol. The standard InChI is InChI=1S/C25H20ClFN2O4/c26-16-10-17-22(20(27)25(28-17)33-19-12-32-23-18(30)11-31-24(19)23)29-21(16)15-8-6-14(7-9-15)13-4-2-1-3-5-13/h1-10,18-19,23-24,28,30H,11-12H2/t18-,19-,23?,24?/m1/s1. The SMILES string of the molecule is O[C@@H]1COC2C1OC[C@H]2Oc1[nH]c2cc(Cl)c(-c3ccc(-c4ccccc4)cc3)nc2c1F. The zero-order valence-corrected chi connectivity index (χ0v) is 18.1. The number of benzene rings is 2. The van der Waals surface area contributed by atoms with Gasteiger partial charge in [0.2, 0.25) is 11.7 Å². The normalized spacial score (nSPS) is 24.3. The van der Waals surface area contributed by atoms with E-state index in [0.717, 1.165) is 16.7 Å². The molecule has 6 rings (SSSR count). The average Bonchev–Trinajstić information content (AvgIpc) is 3.50. The Morgan fingerprint density at radius 1 is 0.970 bits per heavy atom. The van der Waals surface area contributed by atoms with Crippen LogP contribution in [0, 0.1) is 5.82 Å². The van der Waals surface area contributed by atoms with Crippen molar-refractivity contribution in [3.8, 4) is 28.3 Å². The number of fused-ring (bicyclic) bond motifs is 2. The minimum Gasteiger partial charge on any atom is -0.468 e. The molecule has 2 aromatic heterocycles. The molecule has 2 saturated heterocycles. The lowest BCUT2D eigenvalue weighted by Gasteiger charge is -2.16. The molecule has 6 nitrogen and oxygen atoms in total. The largest absolute Gasteiger partial charge is 0.468 e. The van der Waals surface area contributed by atoms with E-state index in [1.165, 1.54) is 0 Å². The number of hydrogen-bond donors (Lipinski definition) is 2. The van der Waals surface area contributed by atoms with Crippen molar-refractivity contribution in [2.45, 2.75) is 24.4 Å². The summed E-state index contributed by atoms with van der Waals surface area (Å²) in [5.74, 6) is -0.657. The smallest absolute Gasteiger partial charge is 0.231 e. The van der Waals surface area contributed by atoms with Crippen LogP contribution in [0.2, 0.25) is 5.02 Å². The minimum absolute atomic E-state index is 0.0515. The summed E-state index contributed by atoms with van der Waals surface area (Å²) in [6, 6.07) is 19.5. The van der Waals surface area contributed by atoms with Gasteiger partial charge in [-0.2, -0.15) is 4.39 Å². The van der Waals surface area contributed by atoms with Gasteiger partial charge in [-0.25, -0.2) is 4.98 Å². The first-order chi connectivity index (χ1) is 16.1. The summed E-state index contributed by atoms with van der Waals surface area (Å²) in [5, 5.41) is 10.3. The maximum atomic E-state index is 15.2. The van der Waals surface area contributed by atoms with Gasteiger partial charge in [-0.3, -0.25) is 0 Å². The molecule has 0 spiro atoms. The molecule has 0 radical (unpaired) electrons. The second-order valence-electron chi connectivity index (χ2n) is 8.25. The van der Waals surface area contributed by atoms with Gasteiger partial charge in [0.1, 0.15) is 23.8 Å². The molecule has 0 saturated carbocycles. The number of nitrogens with zero attached hydrogens (tertiary/aromatic N) is 1. The third-order valence-corrected chi connectivity index (χ3v) is 6.44. The van der Waals surface area contributed by atoms with Crippen molar-refractivity contribution in [1.82, 2.24) is 9.97 Å². The molecule has 2 N–H and O–H groups in total. The zero-order valence-electron chi connectivity index (χ0n) is 17.4. The minimum atomic E-state index is -0.701. The van der Waals surface area contributed by atoms with Crippen LogP contribution in [0.15, 0.2) is 60.7 Å². The van der Waals surface area contributed by atoms with Gasteiger partial charge in [0.05, 0.1) is 29.4 Å². The summed E-state index contributed by atoms with van der Waals surface area (Å²) in [6.45, 7) is 0.377. The van der Waals surface area contributed by atoms with Crippen molar-refractivity contribution in [2.75, 3.05) is 13.2 Å². The molecule has 2 unspecified atom stereocenters. The first-order valence-electron chi connectivity index (χ1n) is 10.7. The average molecular weight is 467 g/mol. The van der Waals surface area contributed by atoms with Gasteiger partial charge in [0.25, 0.3) is 0 Å². The van der Waals surface area contributed by atoms with Gasteiger partial charge in [-0.1, -0.05) is 66.2 Å². The Labute approximate surface area is 193 Å². The first kappa shape index (κ1) is 20.6. The number of pyridine rings is 1. The Hall–Kier alpha value is -2.97. The number of nitrogens with one attached hydrogen (secondary N) is 1. The van der Waals surface area contributed by atoms with Gasteiger partial charge >= 0.3 is 0 Å². The van der Waals surface area contributed by atoms with Crippen LogP contribution in [0.5, 0.6) is 5.88 Å². The van der Waals surface area contributed by atoms with E-state index in [4.69, 9.17) is 25.8 Å². The van der Waals surface area contributed by atoms with Crippen LogP contribution in [-0.2, 0) is 9.47 Å². The topological polar surface area (TPSA) is 76.6 Å². The summed E-state index contributed by atoms with van der Waals surface area (Å²) >= 11 is 6.50. The highest BCUT2D eigenvalue weighted by molar-refractivity contribution is 6.33. The van der Waals surface area contributed by atoms with Gasteiger partial charge in [-0.05, 0) is 17.2 Å². The van der Waals surface area contributed by atoms with E-state index in [9.17, 15) is 5.11 Å². The van der Waals surface area contributed by atoms with Crippen molar-refractivity contribution >= 4 is 22.6 Å². The fourth-order valence-electron chi connectivity index (χ4n) is 4.47. The van der Waals surface area contributed by atoms with Crippen LogP contribution < -0.4 is 4.74 Å². The Morgan fingerprint density at radius 2 is 1.67 bits per heavy atom. The number of aromatic nitrogens is 2. The van der Waals surface area contributed by atoms with Crippen LogP contribution in [0.25, 0.3) is 33.4 Å². The van der Waals surface area contributed by atoms with Crippen molar-refractivity contribution in [1.29, 1.82) is 0 Å². The molecule has 2 aliphatic rings. The molecule has 2 fully saturated rings. The second kappa shape index (κ2) is 8.11. The predicted octanol–water partition coefficient (Wildman–Crippen LogP) is 4.60. The van der Waals surface area contributed by atoms with Gasteiger partial charge in [-0.15, -0.1) is 0 Å². The number of hydrogen-bond acceptors (Lipinski definition) is 5. The van der Waals surface area contributed by atoms with E-state index in [1.54, 1.807) is 6.07 Å². The zero-order chi connectivity index (χ0) is 22.5. The molecule has 2 aromatic carbocycles. The molecule has 8 heteroatoms. The van der Waals surface area contributed by atoms with E-state index in [2.05, 4.69) is 9.97 Å². The molecule has 4 heterocycles. The van der Waals surface area contributed by atoms with Crippen LogP contribution >= 0.6 is 11.6 Å². The Balaban J connectivity index is 1.30. The Bertz CT molecular complexity index is 1310. The van der Waals surface area contributed by atoms with E-state index in [1.807, 2.05) is 54.6 Å². The number of aliphatic hydroxyl groups is 1. The highest BCUT2D eigenvalue weighted by atomic mass is 35.5. The highest BCUT2D eigenvalue weighted by Gasteiger charge is 2.48. The molecule has 2 aliphatic heterocycles. The lowest BCUT2D eigenvalue weighted by molar-refractivity contribution is 0.00723. The fraction of sp³-hybridized carbons (Fsp3) is 0.240. The molecule has 4 aromatic rings. The summed E-state index contributed by atoms with van der Waals surface area (Å²) in [7, 11) is 0. The van der Waals surface area contributed by atoms with Crippen molar-refractivity contribution < 1.29 is 23.7 Å². The van der Waals surface area contributed by atoms with Crippen LogP contribution in [0.3, 0.4) is 0 Å². The van der Waals surface area contributed by atoms with Crippen LogP contribution in [0.4, 0.5) is 4.39 Å². The first-order valence-corrected chi connectivity index (χ1v) is 11.1. The van der Waals surface area contributed by atoms with Gasteiger partial charge in [0.15, 0.2) is 6.10 Å². The Kier molecular flexibility index (Phi) is 5.07. The molecule has 168 valence electrons. The Morgan fingerprint density at radius 3 is 2.45 bits per heavy atom. The number of halogens is 2.